The lowest BCUT2D eigenvalue weighted by Crippen LogP contribution is -2.23. The van der Waals surface area contributed by atoms with Crippen molar-refractivity contribution >= 4 is 23.2 Å². The number of hydrogen-bond donors (Lipinski definition) is 3. The van der Waals surface area contributed by atoms with Crippen LogP contribution in [0.1, 0.15) is 29.3 Å². The molecule has 0 saturated carbocycles. The van der Waals surface area contributed by atoms with Crippen LogP contribution in [-0.2, 0) is 11.3 Å². The number of rotatable bonds is 10. The van der Waals surface area contributed by atoms with Crippen molar-refractivity contribution in [3.8, 4) is 5.75 Å². The molecule has 0 radical (unpaired) electrons. The third-order valence-electron chi connectivity index (χ3n) is 4.46. The summed E-state index contributed by atoms with van der Waals surface area (Å²) in [7, 11) is 0. The Bertz CT molecular complexity index is 1010. The summed E-state index contributed by atoms with van der Waals surface area (Å²) in [6.07, 6.45) is 0.920. The summed E-state index contributed by atoms with van der Waals surface area (Å²) < 4.78 is 5.59. The van der Waals surface area contributed by atoms with Crippen LogP contribution in [0, 0.1) is 0 Å². The first-order valence-corrected chi connectivity index (χ1v) is 10.3. The summed E-state index contributed by atoms with van der Waals surface area (Å²) in [5, 5.41) is 8.81. The van der Waals surface area contributed by atoms with Crippen molar-refractivity contribution in [3.05, 3.63) is 90.0 Å². The summed E-state index contributed by atoms with van der Waals surface area (Å²) in [4.78, 5) is 24.7. The molecule has 0 atom stereocenters. The largest absolute Gasteiger partial charge is 0.494 e. The fourth-order valence-electron chi connectivity index (χ4n) is 2.92. The molecule has 0 saturated heterocycles. The smallest absolute Gasteiger partial charge is 0.251 e. The molecule has 0 spiro atoms. The highest BCUT2D eigenvalue weighted by Gasteiger charge is 2.08. The number of anilines is 2. The predicted octanol–water partition coefficient (Wildman–Crippen LogP) is 4.46. The van der Waals surface area contributed by atoms with Crippen molar-refractivity contribution < 1.29 is 14.3 Å². The maximum absolute atomic E-state index is 12.4. The summed E-state index contributed by atoms with van der Waals surface area (Å²) >= 11 is 0. The maximum atomic E-state index is 12.4. The first-order chi connectivity index (χ1) is 15.1. The SMILES string of the molecule is CCCOc1cccc(NC(=O)CNc2cccc(C(=O)NCc3ccccc3)c2)c1. The van der Waals surface area contributed by atoms with Gasteiger partial charge in [-0.25, -0.2) is 0 Å². The van der Waals surface area contributed by atoms with Gasteiger partial charge in [-0.05, 0) is 42.3 Å². The molecular weight excluding hydrogens is 390 g/mol. The fraction of sp³-hybridized carbons (Fsp3) is 0.200. The second kappa shape index (κ2) is 11.4. The number of nitrogens with one attached hydrogen (secondary N) is 3. The van der Waals surface area contributed by atoms with Crippen LogP contribution < -0.4 is 20.7 Å². The first kappa shape index (κ1) is 21.9. The lowest BCUT2D eigenvalue weighted by molar-refractivity contribution is -0.114. The lowest BCUT2D eigenvalue weighted by Gasteiger charge is -2.11. The standard InChI is InChI=1S/C25H27N3O3/c1-2-14-31-23-13-7-12-22(16-23)28-24(29)18-26-21-11-6-10-20(15-21)25(30)27-17-19-8-4-3-5-9-19/h3-13,15-16,26H,2,14,17-18H2,1H3,(H,27,30)(H,28,29). The second-order valence-electron chi connectivity index (χ2n) is 7.03. The quantitative estimate of drug-likeness (QED) is 0.455. The highest BCUT2D eigenvalue weighted by Crippen LogP contribution is 2.17. The molecule has 3 rings (SSSR count). The predicted molar refractivity (Wildman–Crippen MR) is 123 cm³/mol. The van der Waals surface area contributed by atoms with E-state index in [1.165, 1.54) is 0 Å². The second-order valence-corrected chi connectivity index (χ2v) is 7.03. The zero-order valence-corrected chi connectivity index (χ0v) is 17.6. The van der Waals surface area contributed by atoms with Crippen LogP contribution in [0.3, 0.4) is 0 Å². The van der Waals surface area contributed by atoms with E-state index in [4.69, 9.17) is 4.74 Å². The Kier molecular flexibility index (Phi) is 8.05. The highest BCUT2D eigenvalue weighted by molar-refractivity contribution is 5.96. The third kappa shape index (κ3) is 7.19. The van der Waals surface area contributed by atoms with E-state index in [2.05, 4.69) is 16.0 Å². The van der Waals surface area contributed by atoms with Gasteiger partial charge in [-0.15, -0.1) is 0 Å². The number of carbonyl (C=O) groups is 2. The molecule has 3 N–H and O–H groups in total. The van der Waals surface area contributed by atoms with Crippen molar-refractivity contribution in [1.29, 1.82) is 0 Å². The molecule has 6 heteroatoms. The van der Waals surface area contributed by atoms with E-state index in [-0.39, 0.29) is 18.4 Å². The van der Waals surface area contributed by atoms with E-state index in [0.717, 1.165) is 17.7 Å². The first-order valence-electron chi connectivity index (χ1n) is 10.3. The molecule has 6 nitrogen and oxygen atoms in total. The average Bonchev–Trinajstić information content (AvgIpc) is 2.81. The molecule has 160 valence electrons. The van der Waals surface area contributed by atoms with Gasteiger partial charge in [0.1, 0.15) is 5.75 Å². The normalized spacial score (nSPS) is 10.2. The van der Waals surface area contributed by atoms with Crippen LogP contribution in [0.5, 0.6) is 5.75 Å². The van der Waals surface area contributed by atoms with Gasteiger partial charge in [-0.3, -0.25) is 9.59 Å². The van der Waals surface area contributed by atoms with Crippen LogP contribution in [-0.4, -0.2) is 25.0 Å². The summed E-state index contributed by atoms with van der Waals surface area (Å²) in [6, 6.07) is 24.1. The molecule has 0 aliphatic carbocycles. The summed E-state index contributed by atoms with van der Waals surface area (Å²) in [6.45, 7) is 3.21. The maximum Gasteiger partial charge on any atom is 0.251 e. The Balaban J connectivity index is 1.50. The Morgan fingerprint density at radius 3 is 2.45 bits per heavy atom. The van der Waals surface area contributed by atoms with Gasteiger partial charge < -0.3 is 20.7 Å². The minimum Gasteiger partial charge on any atom is -0.494 e. The number of carbonyl (C=O) groups excluding carboxylic acids is 2. The minimum atomic E-state index is -0.188. The van der Waals surface area contributed by atoms with Crippen LogP contribution in [0.2, 0.25) is 0 Å². The van der Waals surface area contributed by atoms with Gasteiger partial charge in [-0.1, -0.05) is 49.4 Å². The Morgan fingerprint density at radius 2 is 1.65 bits per heavy atom. The van der Waals surface area contributed by atoms with Gasteiger partial charge in [0, 0.05) is 29.5 Å². The highest BCUT2D eigenvalue weighted by atomic mass is 16.5. The van der Waals surface area contributed by atoms with Gasteiger partial charge in [-0.2, -0.15) is 0 Å². The monoisotopic (exact) mass is 417 g/mol. The third-order valence-corrected chi connectivity index (χ3v) is 4.46. The Labute approximate surface area is 182 Å². The molecule has 0 aliphatic heterocycles. The zero-order valence-electron chi connectivity index (χ0n) is 17.6. The molecule has 3 aromatic rings. The van der Waals surface area contributed by atoms with Crippen molar-refractivity contribution in [1.82, 2.24) is 5.32 Å². The van der Waals surface area contributed by atoms with Gasteiger partial charge in [0.25, 0.3) is 5.91 Å². The van der Waals surface area contributed by atoms with Crippen LogP contribution in [0.25, 0.3) is 0 Å². The van der Waals surface area contributed by atoms with Gasteiger partial charge >= 0.3 is 0 Å². The van der Waals surface area contributed by atoms with Gasteiger partial charge in [0.2, 0.25) is 5.91 Å². The molecule has 0 heterocycles. The molecule has 0 fully saturated rings. The van der Waals surface area contributed by atoms with E-state index in [0.29, 0.717) is 30.1 Å². The molecule has 3 aromatic carbocycles. The van der Waals surface area contributed by atoms with Crippen molar-refractivity contribution in [3.63, 3.8) is 0 Å². The van der Waals surface area contributed by atoms with E-state index in [9.17, 15) is 9.59 Å². The average molecular weight is 418 g/mol. The molecule has 0 bridgehead atoms. The van der Waals surface area contributed by atoms with Crippen molar-refractivity contribution in [2.24, 2.45) is 0 Å². The summed E-state index contributed by atoms with van der Waals surface area (Å²) in [5.74, 6) is 0.370. The zero-order chi connectivity index (χ0) is 21.9. The van der Waals surface area contributed by atoms with Crippen molar-refractivity contribution in [2.45, 2.75) is 19.9 Å². The fourth-order valence-corrected chi connectivity index (χ4v) is 2.92. The van der Waals surface area contributed by atoms with Gasteiger partial charge in [0.05, 0.1) is 13.2 Å². The van der Waals surface area contributed by atoms with Crippen LogP contribution in [0.4, 0.5) is 11.4 Å². The molecule has 31 heavy (non-hydrogen) atoms. The molecular formula is C25H27N3O3. The number of ether oxygens (including phenoxy) is 1. The van der Waals surface area contributed by atoms with E-state index >= 15 is 0 Å². The molecule has 2 amide bonds. The van der Waals surface area contributed by atoms with Crippen LogP contribution in [0.15, 0.2) is 78.9 Å². The number of amides is 2. The number of hydrogen-bond acceptors (Lipinski definition) is 4. The Morgan fingerprint density at radius 1 is 0.871 bits per heavy atom. The summed E-state index contributed by atoms with van der Waals surface area (Å²) in [5.41, 5.74) is 2.94. The number of benzene rings is 3. The minimum absolute atomic E-state index is 0.0785. The van der Waals surface area contributed by atoms with Crippen LogP contribution >= 0.6 is 0 Å². The molecule has 0 aliphatic rings. The Hall–Kier alpha value is -3.80. The van der Waals surface area contributed by atoms with Crippen molar-refractivity contribution in [2.75, 3.05) is 23.8 Å². The van der Waals surface area contributed by atoms with E-state index in [1.54, 1.807) is 24.3 Å². The van der Waals surface area contributed by atoms with E-state index in [1.807, 2.05) is 61.5 Å². The van der Waals surface area contributed by atoms with E-state index < -0.39 is 0 Å². The molecule has 0 aromatic heterocycles. The molecule has 0 unspecified atom stereocenters. The topological polar surface area (TPSA) is 79.5 Å². The lowest BCUT2D eigenvalue weighted by atomic mass is 10.1. The van der Waals surface area contributed by atoms with Gasteiger partial charge in [0.15, 0.2) is 0 Å².